The number of thiazole rings is 1. The molecule has 0 radical (unpaired) electrons. The van der Waals surface area contributed by atoms with Gasteiger partial charge in [-0.15, -0.1) is 11.3 Å². The second kappa shape index (κ2) is 7.08. The molecule has 0 saturated heterocycles. The summed E-state index contributed by atoms with van der Waals surface area (Å²) in [5.74, 6) is -0.691. The molecule has 0 bridgehead atoms. The molecule has 1 aromatic carbocycles. The second-order valence-electron chi connectivity index (χ2n) is 5.34. The van der Waals surface area contributed by atoms with E-state index in [-0.39, 0.29) is 11.3 Å². The summed E-state index contributed by atoms with van der Waals surface area (Å²) >= 11 is 7.39. The fourth-order valence-electron chi connectivity index (χ4n) is 2.45. The van der Waals surface area contributed by atoms with Gasteiger partial charge in [0.25, 0.3) is 5.91 Å². The molecular weight excluding hydrogens is 360 g/mol. The molecular formula is C17H15ClN4O2S. The van der Waals surface area contributed by atoms with Gasteiger partial charge in [-0.3, -0.25) is 9.36 Å². The van der Waals surface area contributed by atoms with E-state index in [0.29, 0.717) is 5.02 Å². The molecule has 0 atom stereocenters. The van der Waals surface area contributed by atoms with E-state index in [0.717, 1.165) is 22.1 Å². The van der Waals surface area contributed by atoms with E-state index in [1.165, 1.54) is 18.2 Å². The number of amides is 1. The molecule has 0 aliphatic rings. The van der Waals surface area contributed by atoms with Crippen molar-refractivity contribution in [3.05, 3.63) is 63.4 Å². The molecule has 0 aliphatic carbocycles. The van der Waals surface area contributed by atoms with Gasteiger partial charge in [-0.1, -0.05) is 11.6 Å². The van der Waals surface area contributed by atoms with Crippen molar-refractivity contribution >= 4 is 35.1 Å². The van der Waals surface area contributed by atoms with Gasteiger partial charge in [0, 0.05) is 33.6 Å². The predicted octanol–water partition coefficient (Wildman–Crippen LogP) is 3.67. The summed E-state index contributed by atoms with van der Waals surface area (Å²) in [7, 11) is 0. The lowest BCUT2D eigenvalue weighted by Crippen LogP contribution is -2.17. The van der Waals surface area contributed by atoms with Crippen molar-refractivity contribution in [2.24, 2.45) is 5.10 Å². The van der Waals surface area contributed by atoms with E-state index in [1.54, 1.807) is 23.7 Å². The van der Waals surface area contributed by atoms with Crippen LogP contribution in [-0.4, -0.2) is 26.8 Å². The van der Waals surface area contributed by atoms with Gasteiger partial charge in [0.15, 0.2) is 5.13 Å². The zero-order chi connectivity index (χ0) is 18.0. The summed E-state index contributed by atoms with van der Waals surface area (Å²) in [4.78, 5) is 16.4. The molecule has 2 aromatic heterocycles. The van der Waals surface area contributed by atoms with Gasteiger partial charge in [0.05, 0.1) is 11.8 Å². The predicted molar refractivity (Wildman–Crippen MR) is 99.1 cm³/mol. The Balaban J connectivity index is 1.78. The molecule has 0 unspecified atom stereocenters. The number of benzene rings is 1. The molecule has 6 nitrogen and oxygen atoms in total. The van der Waals surface area contributed by atoms with Gasteiger partial charge in [0.1, 0.15) is 5.75 Å². The number of aromatic nitrogens is 2. The Bertz CT molecular complexity index is 948. The van der Waals surface area contributed by atoms with Crippen LogP contribution in [-0.2, 0) is 0 Å². The van der Waals surface area contributed by atoms with Crippen LogP contribution in [0.3, 0.4) is 0 Å². The minimum Gasteiger partial charge on any atom is -0.507 e. The Morgan fingerprint density at radius 3 is 2.92 bits per heavy atom. The molecule has 0 saturated carbocycles. The minimum atomic E-state index is -0.537. The van der Waals surface area contributed by atoms with Crippen molar-refractivity contribution in [2.45, 2.75) is 13.8 Å². The largest absolute Gasteiger partial charge is 0.507 e. The van der Waals surface area contributed by atoms with Gasteiger partial charge in [0.2, 0.25) is 0 Å². The van der Waals surface area contributed by atoms with Gasteiger partial charge >= 0.3 is 0 Å². The van der Waals surface area contributed by atoms with Crippen molar-refractivity contribution < 1.29 is 9.90 Å². The maximum absolute atomic E-state index is 12.1. The van der Waals surface area contributed by atoms with Crippen LogP contribution in [0.15, 0.2) is 40.9 Å². The maximum Gasteiger partial charge on any atom is 0.275 e. The molecule has 2 heterocycles. The van der Waals surface area contributed by atoms with Gasteiger partial charge in [-0.2, -0.15) is 5.10 Å². The number of hydrogen-bond acceptors (Lipinski definition) is 5. The average molecular weight is 375 g/mol. The number of carbonyl (C=O) groups excluding carboxylic acids is 1. The van der Waals surface area contributed by atoms with E-state index in [4.69, 9.17) is 11.6 Å². The van der Waals surface area contributed by atoms with Crippen LogP contribution in [0.1, 0.15) is 27.3 Å². The molecule has 0 aliphatic heterocycles. The number of nitrogens with one attached hydrogen (secondary N) is 1. The maximum atomic E-state index is 12.1. The first-order valence-corrected chi connectivity index (χ1v) is 8.64. The highest BCUT2D eigenvalue weighted by Gasteiger charge is 2.12. The van der Waals surface area contributed by atoms with E-state index in [1.807, 2.05) is 29.9 Å². The topological polar surface area (TPSA) is 79.5 Å². The monoisotopic (exact) mass is 374 g/mol. The number of carbonyl (C=O) groups is 1. The Kier molecular flexibility index (Phi) is 4.87. The zero-order valence-corrected chi connectivity index (χ0v) is 15.1. The first-order valence-electron chi connectivity index (χ1n) is 7.38. The van der Waals surface area contributed by atoms with Crippen molar-refractivity contribution in [3.63, 3.8) is 0 Å². The van der Waals surface area contributed by atoms with E-state index in [9.17, 15) is 9.90 Å². The number of phenols is 1. The summed E-state index contributed by atoms with van der Waals surface area (Å²) in [6, 6.07) is 6.21. The fourth-order valence-corrected chi connectivity index (χ4v) is 3.37. The first-order chi connectivity index (χ1) is 12.0. The quantitative estimate of drug-likeness (QED) is 0.540. The van der Waals surface area contributed by atoms with E-state index >= 15 is 0 Å². The van der Waals surface area contributed by atoms with Crippen molar-refractivity contribution in [1.29, 1.82) is 0 Å². The number of halogens is 1. The summed E-state index contributed by atoms with van der Waals surface area (Å²) in [5, 5.41) is 16.9. The normalized spacial score (nSPS) is 11.2. The third-order valence-corrected chi connectivity index (χ3v) is 4.65. The Hall–Kier alpha value is -2.64. The Morgan fingerprint density at radius 1 is 1.40 bits per heavy atom. The number of nitrogens with zero attached hydrogens (tertiary/aromatic N) is 3. The molecule has 25 heavy (non-hydrogen) atoms. The molecule has 3 aromatic rings. The summed E-state index contributed by atoms with van der Waals surface area (Å²) in [6.07, 6.45) is 3.32. The van der Waals surface area contributed by atoms with Crippen LogP contribution in [0.4, 0.5) is 0 Å². The zero-order valence-electron chi connectivity index (χ0n) is 13.5. The third-order valence-electron chi connectivity index (χ3n) is 3.65. The lowest BCUT2D eigenvalue weighted by Gasteiger charge is -2.04. The number of hydrogen-bond donors (Lipinski definition) is 2. The van der Waals surface area contributed by atoms with E-state index in [2.05, 4.69) is 15.5 Å². The van der Waals surface area contributed by atoms with Gasteiger partial charge in [-0.25, -0.2) is 10.4 Å². The molecule has 0 fully saturated rings. The highest BCUT2D eigenvalue weighted by molar-refractivity contribution is 7.12. The Morgan fingerprint density at radius 2 is 2.20 bits per heavy atom. The highest BCUT2D eigenvalue weighted by atomic mass is 35.5. The lowest BCUT2D eigenvalue weighted by molar-refractivity contribution is 0.0952. The van der Waals surface area contributed by atoms with Crippen LogP contribution >= 0.6 is 22.9 Å². The molecule has 2 N–H and O–H groups in total. The standard InChI is InChI=1S/C17H15ClN4O2S/c1-10-7-12(11(2)22(10)17-19-5-6-25-17)9-20-21-16(24)14-8-13(18)3-4-15(14)23/h3-9,23H,1-2H3,(H,21,24)/b20-9-. The van der Waals surface area contributed by atoms with Crippen LogP contribution in [0.2, 0.25) is 5.02 Å². The summed E-state index contributed by atoms with van der Waals surface area (Å²) < 4.78 is 2.02. The van der Waals surface area contributed by atoms with Gasteiger partial charge < -0.3 is 5.11 Å². The van der Waals surface area contributed by atoms with Crippen LogP contribution in [0.25, 0.3) is 5.13 Å². The lowest BCUT2D eigenvalue weighted by atomic mass is 10.2. The highest BCUT2D eigenvalue weighted by Crippen LogP contribution is 2.22. The van der Waals surface area contributed by atoms with Crippen LogP contribution in [0.5, 0.6) is 5.75 Å². The number of aromatic hydroxyl groups is 1. The molecule has 128 valence electrons. The average Bonchev–Trinajstić information content (AvgIpc) is 3.18. The van der Waals surface area contributed by atoms with Gasteiger partial charge in [-0.05, 0) is 38.1 Å². The molecule has 0 spiro atoms. The van der Waals surface area contributed by atoms with Crippen LogP contribution in [0, 0.1) is 13.8 Å². The van der Waals surface area contributed by atoms with Crippen LogP contribution < -0.4 is 5.43 Å². The molecule has 3 rings (SSSR count). The summed E-state index contributed by atoms with van der Waals surface area (Å²) in [5.41, 5.74) is 5.32. The Labute approximate surface area is 153 Å². The van der Waals surface area contributed by atoms with Crippen molar-refractivity contribution in [3.8, 4) is 10.9 Å². The van der Waals surface area contributed by atoms with Crippen molar-refractivity contribution in [2.75, 3.05) is 0 Å². The SMILES string of the molecule is Cc1cc(/C=N\NC(=O)c2cc(Cl)ccc2O)c(C)n1-c1nccs1. The fraction of sp³-hybridized carbons (Fsp3) is 0.118. The first kappa shape index (κ1) is 17.2. The number of aryl methyl sites for hydroxylation is 1. The molecule has 8 heteroatoms. The van der Waals surface area contributed by atoms with E-state index < -0.39 is 5.91 Å². The number of rotatable bonds is 4. The third kappa shape index (κ3) is 3.57. The summed E-state index contributed by atoms with van der Waals surface area (Å²) in [6.45, 7) is 3.94. The minimum absolute atomic E-state index is 0.0675. The second-order valence-corrected chi connectivity index (χ2v) is 6.65. The number of hydrazone groups is 1. The molecule has 1 amide bonds. The van der Waals surface area contributed by atoms with Crippen molar-refractivity contribution in [1.82, 2.24) is 15.0 Å². The smallest absolute Gasteiger partial charge is 0.275 e. The number of phenolic OH excluding ortho intramolecular Hbond substituents is 1.